The van der Waals surface area contributed by atoms with Gasteiger partial charge in [0.2, 0.25) is 0 Å². The van der Waals surface area contributed by atoms with Crippen molar-refractivity contribution in [2.24, 2.45) is 0 Å². The van der Waals surface area contributed by atoms with Gasteiger partial charge in [0.25, 0.3) is 0 Å². The SMILES string of the molecule is CCOc1cc(C=O)ccc1OCc1ccc(Br)cc1. The summed E-state index contributed by atoms with van der Waals surface area (Å²) in [6.45, 7) is 2.87. The molecule has 3 nitrogen and oxygen atoms in total. The Balaban J connectivity index is 2.11. The second-order valence-corrected chi connectivity index (χ2v) is 5.09. The number of hydrogen-bond acceptors (Lipinski definition) is 3. The van der Waals surface area contributed by atoms with Crippen LogP contribution in [0, 0.1) is 0 Å². The highest BCUT2D eigenvalue weighted by Crippen LogP contribution is 2.29. The first kappa shape index (κ1) is 14.6. The van der Waals surface area contributed by atoms with Gasteiger partial charge in [-0.3, -0.25) is 4.79 Å². The lowest BCUT2D eigenvalue weighted by molar-refractivity contribution is 0.112. The Morgan fingerprint density at radius 1 is 1.05 bits per heavy atom. The van der Waals surface area contributed by atoms with Gasteiger partial charge < -0.3 is 9.47 Å². The number of rotatable bonds is 6. The van der Waals surface area contributed by atoms with Crippen molar-refractivity contribution < 1.29 is 14.3 Å². The van der Waals surface area contributed by atoms with Crippen LogP contribution in [-0.2, 0) is 6.61 Å². The molecular weight excluding hydrogens is 320 g/mol. The highest BCUT2D eigenvalue weighted by Gasteiger charge is 2.06. The molecule has 0 spiro atoms. The van der Waals surface area contributed by atoms with Crippen molar-refractivity contribution in [2.75, 3.05) is 6.61 Å². The Morgan fingerprint density at radius 3 is 2.45 bits per heavy atom. The van der Waals surface area contributed by atoms with Gasteiger partial charge in [-0.15, -0.1) is 0 Å². The van der Waals surface area contributed by atoms with Crippen LogP contribution >= 0.6 is 15.9 Å². The summed E-state index contributed by atoms with van der Waals surface area (Å²) in [5.74, 6) is 1.23. The first-order chi connectivity index (χ1) is 9.72. The zero-order valence-corrected chi connectivity index (χ0v) is 12.7. The number of benzene rings is 2. The molecule has 0 aliphatic rings. The molecule has 0 bridgehead atoms. The smallest absolute Gasteiger partial charge is 0.161 e. The van der Waals surface area contributed by atoms with E-state index in [2.05, 4.69) is 15.9 Å². The van der Waals surface area contributed by atoms with Crippen LogP contribution in [0.2, 0.25) is 0 Å². The highest BCUT2D eigenvalue weighted by molar-refractivity contribution is 9.10. The summed E-state index contributed by atoms with van der Waals surface area (Å²) in [5, 5.41) is 0. The molecule has 4 heteroatoms. The van der Waals surface area contributed by atoms with E-state index in [-0.39, 0.29) is 0 Å². The summed E-state index contributed by atoms with van der Waals surface area (Å²) in [6.07, 6.45) is 0.793. The van der Waals surface area contributed by atoms with Gasteiger partial charge in [-0.05, 0) is 42.8 Å². The van der Waals surface area contributed by atoms with Crippen LogP contribution in [0.25, 0.3) is 0 Å². The van der Waals surface area contributed by atoms with Crippen LogP contribution < -0.4 is 9.47 Å². The van der Waals surface area contributed by atoms with Crippen LogP contribution in [0.1, 0.15) is 22.8 Å². The number of hydrogen-bond donors (Lipinski definition) is 0. The Labute approximate surface area is 126 Å². The topological polar surface area (TPSA) is 35.5 Å². The Kier molecular flexibility index (Phi) is 5.18. The van der Waals surface area contributed by atoms with E-state index in [9.17, 15) is 4.79 Å². The fourth-order valence-corrected chi connectivity index (χ4v) is 1.99. The zero-order chi connectivity index (χ0) is 14.4. The molecule has 0 aromatic heterocycles. The Hall–Kier alpha value is -1.81. The van der Waals surface area contributed by atoms with Crippen molar-refractivity contribution in [1.82, 2.24) is 0 Å². The molecule has 0 fully saturated rings. The third kappa shape index (κ3) is 3.84. The molecule has 0 saturated carbocycles. The average molecular weight is 335 g/mol. The molecule has 0 atom stereocenters. The van der Waals surface area contributed by atoms with Crippen LogP contribution in [0.5, 0.6) is 11.5 Å². The van der Waals surface area contributed by atoms with Crippen LogP contribution in [0.3, 0.4) is 0 Å². The maximum absolute atomic E-state index is 10.8. The minimum absolute atomic E-state index is 0.452. The molecule has 2 aromatic carbocycles. The molecule has 20 heavy (non-hydrogen) atoms. The van der Waals surface area contributed by atoms with Crippen molar-refractivity contribution in [1.29, 1.82) is 0 Å². The van der Waals surface area contributed by atoms with Gasteiger partial charge in [-0.2, -0.15) is 0 Å². The summed E-state index contributed by atoms with van der Waals surface area (Å²) in [5.41, 5.74) is 1.64. The maximum atomic E-state index is 10.8. The van der Waals surface area contributed by atoms with Gasteiger partial charge in [-0.25, -0.2) is 0 Å². The number of carbonyl (C=O) groups excluding carboxylic acids is 1. The fourth-order valence-electron chi connectivity index (χ4n) is 1.73. The molecule has 2 aromatic rings. The van der Waals surface area contributed by atoms with Crippen LogP contribution in [0.4, 0.5) is 0 Å². The minimum atomic E-state index is 0.452. The number of carbonyl (C=O) groups is 1. The number of ether oxygens (including phenoxy) is 2. The highest BCUT2D eigenvalue weighted by atomic mass is 79.9. The van der Waals surface area contributed by atoms with E-state index in [4.69, 9.17) is 9.47 Å². The van der Waals surface area contributed by atoms with Crippen molar-refractivity contribution in [3.05, 3.63) is 58.1 Å². The van der Waals surface area contributed by atoms with E-state index >= 15 is 0 Å². The molecule has 0 N–H and O–H groups in total. The standard InChI is InChI=1S/C16H15BrO3/c1-2-19-16-9-13(10-18)5-8-15(16)20-11-12-3-6-14(17)7-4-12/h3-10H,2,11H2,1H3. The van der Waals surface area contributed by atoms with Crippen LogP contribution in [-0.4, -0.2) is 12.9 Å². The van der Waals surface area contributed by atoms with E-state index in [0.717, 1.165) is 16.3 Å². The molecule has 0 unspecified atom stereocenters. The third-order valence-electron chi connectivity index (χ3n) is 2.71. The Morgan fingerprint density at radius 2 is 1.80 bits per heavy atom. The lowest BCUT2D eigenvalue weighted by Gasteiger charge is -2.12. The average Bonchev–Trinajstić information content (AvgIpc) is 2.48. The quantitative estimate of drug-likeness (QED) is 0.741. The number of halogens is 1. The third-order valence-corrected chi connectivity index (χ3v) is 3.24. The van der Waals surface area contributed by atoms with Gasteiger partial charge >= 0.3 is 0 Å². The molecule has 0 aliphatic heterocycles. The summed E-state index contributed by atoms with van der Waals surface area (Å²) >= 11 is 3.40. The number of aldehydes is 1. The van der Waals surface area contributed by atoms with Crippen molar-refractivity contribution in [2.45, 2.75) is 13.5 Å². The maximum Gasteiger partial charge on any atom is 0.161 e. The van der Waals surface area contributed by atoms with Gasteiger partial charge in [0, 0.05) is 10.0 Å². The summed E-state index contributed by atoms with van der Waals surface area (Å²) in [7, 11) is 0. The molecule has 104 valence electrons. The first-order valence-electron chi connectivity index (χ1n) is 6.32. The van der Waals surface area contributed by atoms with Crippen molar-refractivity contribution >= 4 is 22.2 Å². The predicted molar refractivity (Wildman–Crippen MR) is 81.5 cm³/mol. The Bertz CT molecular complexity index is 579. The van der Waals surface area contributed by atoms with Gasteiger partial charge in [0.05, 0.1) is 6.61 Å². The summed E-state index contributed by atoms with van der Waals surface area (Å²) < 4.78 is 12.3. The second kappa shape index (κ2) is 7.10. The lowest BCUT2D eigenvalue weighted by atomic mass is 10.2. The van der Waals surface area contributed by atoms with Crippen molar-refractivity contribution in [3.8, 4) is 11.5 Å². The molecule has 0 amide bonds. The largest absolute Gasteiger partial charge is 0.490 e. The van der Waals surface area contributed by atoms with E-state index < -0.39 is 0 Å². The van der Waals surface area contributed by atoms with E-state index in [1.54, 1.807) is 18.2 Å². The fraction of sp³-hybridized carbons (Fsp3) is 0.188. The monoisotopic (exact) mass is 334 g/mol. The first-order valence-corrected chi connectivity index (χ1v) is 7.11. The molecule has 0 aliphatic carbocycles. The lowest BCUT2D eigenvalue weighted by Crippen LogP contribution is -2.00. The minimum Gasteiger partial charge on any atom is -0.490 e. The summed E-state index contributed by atoms with van der Waals surface area (Å²) in [6, 6.07) is 13.1. The van der Waals surface area contributed by atoms with Crippen molar-refractivity contribution in [3.63, 3.8) is 0 Å². The van der Waals surface area contributed by atoms with Gasteiger partial charge in [-0.1, -0.05) is 28.1 Å². The molecular formula is C16H15BrO3. The van der Waals surface area contributed by atoms with Gasteiger partial charge in [0.1, 0.15) is 12.9 Å². The summed E-state index contributed by atoms with van der Waals surface area (Å²) in [4.78, 5) is 10.8. The predicted octanol–water partition coefficient (Wildman–Crippen LogP) is 4.24. The molecule has 0 radical (unpaired) electrons. The zero-order valence-electron chi connectivity index (χ0n) is 11.1. The molecule has 0 saturated heterocycles. The van der Waals surface area contributed by atoms with Gasteiger partial charge in [0.15, 0.2) is 11.5 Å². The molecule has 2 rings (SSSR count). The van der Waals surface area contributed by atoms with Crippen LogP contribution in [0.15, 0.2) is 46.9 Å². The van der Waals surface area contributed by atoms with E-state index in [1.807, 2.05) is 31.2 Å². The molecule has 0 heterocycles. The van der Waals surface area contributed by atoms with E-state index in [1.165, 1.54) is 0 Å². The second-order valence-electron chi connectivity index (χ2n) is 4.17. The van der Waals surface area contributed by atoms with E-state index in [0.29, 0.717) is 30.3 Å². The normalized spacial score (nSPS) is 10.1.